The second-order valence-electron chi connectivity index (χ2n) is 5.88. The molecule has 3 heteroatoms. The Bertz CT molecular complexity index is 789. The molecule has 0 heterocycles. The molecule has 3 aromatic rings. The van der Waals surface area contributed by atoms with Gasteiger partial charge in [0.2, 0.25) is 0 Å². The topological polar surface area (TPSA) is 0 Å². The van der Waals surface area contributed by atoms with E-state index in [1.165, 1.54) is 28.3 Å². The van der Waals surface area contributed by atoms with Gasteiger partial charge in [0.05, 0.1) is 0 Å². The molecule has 26 heavy (non-hydrogen) atoms. The first kappa shape index (κ1) is 21.2. The van der Waals surface area contributed by atoms with Crippen molar-refractivity contribution in [2.75, 3.05) is 0 Å². The second kappa shape index (κ2) is 12.3. The van der Waals surface area contributed by atoms with Crippen LogP contribution in [0.15, 0.2) is 91.5 Å². The van der Waals surface area contributed by atoms with Gasteiger partial charge in [-0.05, 0) is 6.42 Å². The van der Waals surface area contributed by atoms with Crippen molar-refractivity contribution in [3.63, 3.8) is 0 Å². The maximum Gasteiger partial charge on any atom is -0.0809 e. The summed E-state index contributed by atoms with van der Waals surface area (Å²) < 4.78 is 0. The van der Waals surface area contributed by atoms with E-state index in [1.807, 2.05) is 6.08 Å². The van der Waals surface area contributed by atoms with Crippen LogP contribution in [0.4, 0.5) is 0 Å². The molecule has 0 saturated carbocycles. The Labute approximate surface area is 175 Å². The van der Waals surface area contributed by atoms with Crippen LogP contribution >= 0.6 is 17.0 Å². The van der Waals surface area contributed by atoms with E-state index in [1.54, 1.807) is 0 Å². The largest absolute Gasteiger partial charge is 0.168 e. The van der Waals surface area contributed by atoms with E-state index >= 15 is 0 Å². The maximum atomic E-state index is 4.93. The van der Waals surface area contributed by atoms with Gasteiger partial charge >= 0.3 is 37.9 Å². The Kier molecular flexibility index (Phi) is 10.0. The van der Waals surface area contributed by atoms with Gasteiger partial charge in [-0.3, -0.25) is 0 Å². The fourth-order valence-electron chi connectivity index (χ4n) is 3.02. The summed E-state index contributed by atoms with van der Waals surface area (Å²) in [7, 11) is 9.87. The standard InChI is InChI=1S/C14H15.C9H7.2ClH.Zr/c1-2-3-7-12-9-6-10-13-8-4-5-11-14(12)13;1-2-5-9-7-3-6-8(9)4-1;;;/h2,4-6,8-12H,1,3,7H2;1-7H;2*1H;/q2*-1;;;+4/p-2. The van der Waals surface area contributed by atoms with E-state index in [4.69, 9.17) is 17.0 Å². The van der Waals surface area contributed by atoms with Gasteiger partial charge in [0.1, 0.15) is 0 Å². The molecule has 4 rings (SSSR count). The number of rotatable bonds is 3. The van der Waals surface area contributed by atoms with E-state index in [-0.39, 0.29) is 0 Å². The quantitative estimate of drug-likeness (QED) is 0.276. The van der Waals surface area contributed by atoms with Gasteiger partial charge in [-0.25, -0.2) is 0 Å². The van der Waals surface area contributed by atoms with Crippen LogP contribution in [0.5, 0.6) is 0 Å². The van der Waals surface area contributed by atoms with Crippen molar-refractivity contribution in [2.45, 2.75) is 18.8 Å². The molecule has 0 fully saturated rings. The summed E-state index contributed by atoms with van der Waals surface area (Å²) in [6.45, 7) is 3.77. The number of benzene rings is 2. The van der Waals surface area contributed by atoms with Crippen molar-refractivity contribution in [3.05, 3.63) is 109 Å². The predicted molar refractivity (Wildman–Crippen MR) is 112 cm³/mol. The van der Waals surface area contributed by atoms with Gasteiger partial charge in [-0.2, -0.15) is 23.6 Å². The summed E-state index contributed by atoms with van der Waals surface area (Å²) in [5.41, 5.74) is 2.82. The Morgan fingerprint density at radius 2 is 1.77 bits per heavy atom. The number of allylic oxidation sites excluding steroid dienone is 3. The SMILES string of the molecule is C=CCCC1C=C[CH-]c2ccccc21.[Cl][Zr+2][Cl].c1ccc2[cH-]ccc2c1. The summed E-state index contributed by atoms with van der Waals surface area (Å²) in [4.78, 5) is 0. The molecule has 3 aromatic carbocycles. The molecule has 0 N–H and O–H groups in total. The number of halogens is 2. The van der Waals surface area contributed by atoms with Gasteiger partial charge in [0.15, 0.2) is 0 Å². The van der Waals surface area contributed by atoms with Crippen molar-refractivity contribution in [1.29, 1.82) is 0 Å². The van der Waals surface area contributed by atoms with Crippen LogP contribution in [0, 0.1) is 6.42 Å². The molecule has 132 valence electrons. The average Bonchev–Trinajstić information content (AvgIpc) is 3.16. The zero-order valence-corrected chi connectivity index (χ0v) is 18.6. The maximum absolute atomic E-state index is 4.93. The van der Waals surface area contributed by atoms with Gasteiger partial charge in [0, 0.05) is 0 Å². The molecule has 0 nitrogen and oxygen atoms in total. The molecule has 1 aliphatic rings. The third-order valence-electron chi connectivity index (χ3n) is 4.24. The fraction of sp³-hybridized carbons (Fsp3) is 0.130. The summed E-state index contributed by atoms with van der Waals surface area (Å²) in [6, 6.07) is 23.3. The first-order chi connectivity index (χ1) is 12.8. The van der Waals surface area contributed by atoms with E-state index in [0.29, 0.717) is 5.92 Å². The van der Waals surface area contributed by atoms with Crippen LogP contribution in [0.2, 0.25) is 0 Å². The summed E-state index contributed by atoms with van der Waals surface area (Å²) in [5.74, 6) is 0.578. The molecule has 0 radical (unpaired) electrons. The van der Waals surface area contributed by atoms with Crippen molar-refractivity contribution < 1.29 is 20.8 Å². The number of fused-ring (bicyclic) bond motifs is 2. The molecule has 0 amide bonds. The first-order valence-corrected chi connectivity index (χ1v) is 14.9. The molecule has 0 bridgehead atoms. The molecular weight excluding hydrogens is 438 g/mol. The zero-order chi connectivity index (χ0) is 18.6. The third kappa shape index (κ3) is 6.54. The second-order valence-corrected chi connectivity index (χ2v) is 9.61. The van der Waals surface area contributed by atoms with Gasteiger partial charge in [0.25, 0.3) is 0 Å². The number of hydrogen-bond donors (Lipinski definition) is 0. The Hall–Kier alpha value is -1.14. The third-order valence-corrected chi connectivity index (χ3v) is 4.24. The van der Waals surface area contributed by atoms with E-state index < -0.39 is 20.8 Å². The van der Waals surface area contributed by atoms with Gasteiger partial charge < -0.3 is 0 Å². The monoisotopic (exact) mass is 458 g/mol. The van der Waals surface area contributed by atoms with Crippen LogP contribution in [-0.4, -0.2) is 0 Å². The summed E-state index contributed by atoms with van der Waals surface area (Å²) in [6.07, 6.45) is 10.9. The zero-order valence-electron chi connectivity index (χ0n) is 14.6. The Morgan fingerprint density at radius 1 is 1.04 bits per heavy atom. The van der Waals surface area contributed by atoms with Crippen LogP contribution in [0.3, 0.4) is 0 Å². The predicted octanol–water partition coefficient (Wildman–Crippen LogP) is 7.79. The summed E-state index contributed by atoms with van der Waals surface area (Å²) in [5, 5.41) is 2.66. The normalized spacial score (nSPS) is 13.8. The molecule has 0 aliphatic heterocycles. The number of hydrogen-bond acceptors (Lipinski definition) is 0. The molecule has 0 spiro atoms. The van der Waals surface area contributed by atoms with Crippen molar-refractivity contribution >= 4 is 27.8 Å². The van der Waals surface area contributed by atoms with Crippen LogP contribution in [0.1, 0.15) is 29.9 Å². The van der Waals surface area contributed by atoms with Crippen LogP contribution < -0.4 is 0 Å². The Morgan fingerprint density at radius 3 is 2.54 bits per heavy atom. The molecule has 1 unspecified atom stereocenters. The van der Waals surface area contributed by atoms with E-state index in [0.717, 1.165) is 6.42 Å². The minimum Gasteiger partial charge on any atom is -0.168 e. The van der Waals surface area contributed by atoms with Gasteiger partial charge in [-0.1, -0.05) is 30.5 Å². The fourth-order valence-corrected chi connectivity index (χ4v) is 3.02. The minimum atomic E-state index is -0.826. The van der Waals surface area contributed by atoms with Crippen molar-refractivity contribution in [1.82, 2.24) is 0 Å². The molecular formula is C23H22Cl2Zr. The molecule has 0 aromatic heterocycles. The average molecular weight is 461 g/mol. The Balaban J connectivity index is 0.000000173. The minimum absolute atomic E-state index is 0.578. The summed E-state index contributed by atoms with van der Waals surface area (Å²) >= 11 is -0.826. The smallest absolute Gasteiger partial charge is 0.0809 e. The van der Waals surface area contributed by atoms with Crippen molar-refractivity contribution in [2.24, 2.45) is 0 Å². The van der Waals surface area contributed by atoms with E-state index in [2.05, 4.69) is 91.9 Å². The van der Waals surface area contributed by atoms with Crippen molar-refractivity contribution in [3.8, 4) is 0 Å². The molecule has 1 atom stereocenters. The first-order valence-electron chi connectivity index (χ1n) is 8.58. The molecule has 1 aliphatic carbocycles. The van der Waals surface area contributed by atoms with Gasteiger partial charge in [-0.15, -0.1) is 78.1 Å². The van der Waals surface area contributed by atoms with E-state index in [9.17, 15) is 0 Å². The van der Waals surface area contributed by atoms with Crippen LogP contribution in [-0.2, 0) is 20.8 Å². The van der Waals surface area contributed by atoms with Crippen LogP contribution in [0.25, 0.3) is 10.8 Å². The molecule has 0 saturated heterocycles.